The number of carbonyl (C=O) groups is 4. The summed E-state index contributed by atoms with van der Waals surface area (Å²) in [7, 11) is 0. The first-order valence-corrected chi connectivity index (χ1v) is 7.50. The molecule has 1 aliphatic heterocycles. The van der Waals surface area contributed by atoms with Gasteiger partial charge in [-0.15, -0.1) is 0 Å². The van der Waals surface area contributed by atoms with Crippen LogP contribution in [0.5, 0.6) is 0 Å². The van der Waals surface area contributed by atoms with Crippen LogP contribution in [0.15, 0.2) is 5.11 Å². The summed E-state index contributed by atoms with van der Waals surface area (Å²) in [5, 5.41) is 3.38. The van der Waals surface area contributed by atoms with Crippen molar-refractivity contribution in [1.29, 1.82) is 0 Å². The third-order valence-electron chi connectivity index (χ3n) is 3.13. The number of hydrogen-bond acceptors (Lipinski definition) is 10. The molecule has 26 heavy (non-hydrogen) atoms. The molecule has 0 amide bonds. The highest BCUT2D eigenvalue weighted by molar-refractivity contribution is 5.68. The first-order valence-electron chi connectivity index (χ1n) is 7.50. The van der Waals surface area contributed by atoms with E-state index in [2.05, 4.69) is 10.0 Å². The Morgan fingerprint density at radius 2 is 1.38 bits per heavy atom. The van der Waals surface area contributed by atoms with Crippen molar-refractivity contribution >= 4 is 23.9 Å². The molecule has 0 radical (unpaired) electrons. The summed E-state index contributed by atoms with van der Waals surface area (Å²) in [5.74, 6) is -2.92. The van der Waals surface area contributed by atoms with Gasteiger partial charge in [0.25, 0.3) is 0 Å². The highest BCUT2D eigenvalue weighted by Crippen LogP contribution is 2.29. The summed E-state index contributed by atoms with van der Waals surface area (Å²) in [6.07, 6.45) is -6.52. The summed E-state index contributed by atoms with van der Waals surface area (Å²) in [5.41, 5.74) is 8.71. The van der Waals surface area contributed by atoms with Gasteiger partial charge in [-0.2, -0.15) is 0 Å². The molecule has 12 nitrogen and oxygen atoms in total. The third-order valence-corrected chi connectivity index (χ3v) is 3.13. The van der Waals surface area contributed by atoms with Crippen molar-refractivity contribution in [2.24, 2.45) is 5.11 Å². The van der Waals surface area contributed by atoms with Gasteiger partial charge in [0.15, 0.2) is 24.5 Å². The molecule has 0 spiro atoms. The second kappa shape index (κ2) is 9.59. The topological polar surface area (TPSA) is 163 Å². The minimum Gasteiger partial charge on any atom is -0.463 e. The van der Waals surface area contributed by atoms with Gasteiger partial charge in [0.2, 0.25) is 0 Å². The van der Waals surface area contributed by atoms with Crippen LogP contribution in [0.4, 0.5) is 0 Å². The fraction of sp³-hybridized carbons (Fsp3) is 0.714. The van der Waals surface area contributed by atoms with E-state index in [1.165, 1.54) is 0 Å². The molecule has 0 aliphatic carbocycles. The molecule has 5 atom stereocenters. The van der Waals surface area contributed by atoms with Gasteiger partial charge in [0, 0.05) is 32.6 Å². The molecule has 0 saturated carbocycles. The number of esters is 4. The van der Waals surface area contributed by atoms with Gasteiger partial charge in [-0.25, -0.2) is 0 Å². The second-order valence-corrected chi connectivity index (χ2v) is 5.29. The van der Waals surface area contributed by atoms with E-state index in [0.29, 0.717) is 0 Å². The zero-order valence-electron chi connectivity index (χ0n) is 14.6. The van der Waals surface area contributed by atoms with E-state index < -0.39 is 54.5 Å². The van der Waals surface area contributed by atoms with Crippen molar-refractivity contribution < 1.29 is 42.9 Å². The van der Waals surface area contributed by atoms with Crippen molar-refractivity contribution in [2.45, 2.75) is 58.3 Å². The van der Waals surface area contributed by atoms with Crippen molar-refractivity contribution in [2.75, 3.05) is 6.61 Å². The molecule has 1 rings (SSSR count). The Morgan fingerprint density at radius 3 is 1.85 bits per heavy atom. The lowest BCUT2D eigenvalue weighted by atomic mass is 9.97. The van der Waals surface area contributed by atoms with Gasteiger partial charge in [-0.05, 0) is 5.53 Å². The fourth-order valence-electron chi connectivity index (χ4n) is 2.35. The molecular formula is C14H19N3O9. The van der Waals surface area contributed by atoms with Gasteiger partial charge >= 0.3 is 23.9 Å². The van der Waals surface area contributed by atoms with Crippen LogP contribution in [0.1, 0.15) is 27.7 Å². The van der Waals surface area contributed by atoms with E-state index in [1.807, 2.05) is 0 Å². The van der Waals surface area contributed by atoms with Crippen LogP contribution in [0.25, 0.3) is 10.4 Å². The van der Waals surface area contributed by atoms with Crippen LogP contribution in [0, 0.1) is 0 Å². The zero-order chi connectivity index (χ0) is 19.9. The highest BCUT2D eigenvalue weighted by Gasteiger charge is 2.51. The number of nitrogens with zero attached hydrogens (tertiary/aromatic N) is 3. The van der Waals surface area contributed by atoms with Gasteiger partial charge < -0.3 is 23.7 Å². The highest BCUT2D eigenvalue weighted by atomic mass is 16.7. The number of hydrogen-bond donors (Lipinski definition) is 0. The Hall–Kier alpha value is -2.85. The maximum atomic E-state index is 11.5. The standard InChI is InChI=1S/C14H19N3O9/c1-6(18)22-5-10-11(23-7(2)19)12(24-8(3)20)13(25-9(4)21)14(26-10)16-17-15/h10-14H,5H2,1-4H3/t10-,11+,12-,13-,14+/m0/s1. The first-order chi connectivity index (χ1) is 12.1. The monoisotopic (exact) mass is 373 g/mol. The summed E-state index contributed by atoms with van der Waals surface area (Å²) in [6.45, 7) is 4.06. The van der Waals surface area contributed by atoms with Crippen LogP contribution < -0.4 is 0 Å². The molecule has 0 aromatic heterocycles. The Kier molecular flexibility index (Phi) is 7.81. The van der Waals surface area contributed by atoms with Crippen molar-refractivity contribution in [3.05, 3.63) is 10.4 Å². The van der Waals surface area contributed by atoms with Gasteiger partial charge in [0.1, 0.15) is 12.7 Å². The molecule has 1 saturated heterocycles. The van der Waals surface area contributed by atoms with Gasteiger partial charge in [0.05, 0.1) is 0 Å². The molecule has 12 heteroatoms. The molecule has 0 unspecified atom stereocenters. The molecular weight excluding hydrogens is 354 g/mol. The average Bonchev–Trinajstić information content (AvgIpc) is 2.50. The Balaban J connectivity index is 3.28. The van der Waals surface area contributed by atoms with E-state index >= 15 is 0 Å². The predicted molar refractivity (Wildman–Crippen MR) is 81.1 cm³/mol. The summed E-state index contributed by atoms with van der Waals surface area (Å²) < 4.78 is 25.6. The van der Waals surface area contributed by atoms with Crippen molar-refractivity contribution in [1.82, 2.24) is 0 Å². The van der Waals surface area contributed by atoms with Crippen LogP contribution >= 0.6 is 0 Å². The van der Waals surface area contributed by atoms with E-state index in [0.717, 1.165) is 27.7 Å². The number of rotatable bonds is 6. The molecule has 0 N–H and O–H groups in total. The lowest BCUT2D eigenvalue weighted by Gasteiger charge is -2.43. The third kappa shape index (κ3) is 6.22. The van der Waals surface area contributed by atoms with Crippen LogP contribution in [-0.2, 0) is 42.9 Å². The molecule has 144 valence electrons. The molecule has 1 aliphatic rings. The molecule has 0 bridgehead atoms. The Morgan fingerprint density at radius 1 is 0.885 bits per heavy atom. The minimum absolute atomic E-state index is 0.380. The van der Waals surface area contributed by atoms with Crippen molar-refractivity contribution in [3.63, 3.8) is 0 Å². The lowest BCUT2D eigenvalue weighted by molar-refractivity contribution is -0.251. The predicted octanol–water partition coefficient (Wildman–Crippen LogP) is 0.380. The maximum Gasteiger partial charge on any atom is 0.303 e. The SMILES string of the molecule is CC(=O)OC[C@@H]1O[C@@H](N=[N+]=[N-])[C@@H](OC(C)=O)[C@@H](OC(C)=O)[C@@H]1OC(C)=O. The van der Waals surface area contributed by atoms with E-state index in [4.69, 9.17) is 29.2 Å². The summed E-state index contributed by atoms with van der Waals surface area (Å²) in [6, 6.07) is 0. The van der Waals surface area contributed by atoms with Gasteiger partial charge in [-0.3, -0.25) is 19.2 Å². The average molecular weight is 373 g/mol. The Bertz CT molecular complexity index is 617. The largest absolute Gasteiger partial charge is 0.463 e. The van der Waals surface area contributed by atoms with Crippen LogP contribution in [-0.4, -0.2) is 61.1 Å². The van der Waals surface area contributed by atoms with Crippen LogP contribution in [0.2, 0.25) is 0 Å². The van der Waals surface area contributed by atoms with Crippen LogP contribution in [0.3, 0.4) is 0 Å². The van der Waals surface area contributed by atoms with E-state index in [-0.39, 0.29) is 6.61 Å². The normalized spacial score (nSPS) is 27.5. The minimum atomic E-state index is -1.40. The van der Waals surface area contributed by atoms with Gasteiger partial charge in [-0.1, -0.05) is 5.11 Å². The van der Waals surface area contributed by atoms with E-state index in [1.54, 1.807) is 0 Å². The first kappa shape index (κ1) is 21.2. The fourth-order valence-corrected chi connectivity index (χ4v) is 2.35. The number of ether oxygens (including phenoxy) is 5. The zero-order valence-corrected chi connectivity index (χ0v) is 14.6. The number of carbonyl (C=O) groups excluding carboxylic acids is 4. The quantitative estimate of drug-likeness (QED) is 0.210. The second-order valence-electron chi connectivity index (χ2n) is 5.29. The summed E-state index contributed by atoms with van der Waals surface area (Å²) >= 11 is 0. The molecule has 1 fully saturated rings. The molecule has 1 heterocycles. The number of azide groups is 1. The van der Waals surface area contributed by atoms with Crippen molar-refractivity contribution in [3.8, 4) is 0 Å². The van der Waals surface area contributed by atoms with E-state index in [9.17, 15) is 19.2 Å². The summed E-state index contributed by atoms with van der Waals surface area (Å²) in [4.78, 5) is 48.0. The molecule has 0 aromatic rings. The smallest absolute Gasteiger partial charge is 0.303 e. The molecule has 0 aromatic carbocycles. The maximum absolute atomic E-state index is 11.5. The Labute approximate surface area is 148 Å². The lowest BCUT2D eigenvalue weighted by Crippen LogP contribution is -2.61.